The van der Waals surface area contributed by atoms with E-state index in [0.717, 1.165) is 55.3 Å². The van der Waals surface area contributed by atoms with Crippen LogP contribution in [0.2, 0.25) is 0 Å². The Morgan fingerprint density at radius 2 is 1.61 bits per heavy atom. The predicted molar refractivity (Wildman–Crippen MR) is 125 cm³/mol. The Labute approximate surface area is 184 Å². The Balaban J connectivity index is 1.28. The van der Waals surface area contributed by atoms with Gasteiger partial charge in [-0.25, -0.2) is 4.99 Å². The molecule has 0 saturated carbocycles. The first kappa shape index (κ1) is 21.5. The number of ether oxygens (including phenoxy) is 2. The van der Waals surface area contributed by atoms with Gasteiger partial charge in [-0.3, -0.25) is 4.90 Å². The zero-order chi connectivity index (χ0) is 21.5. The second kappa shape index (κ2) is 10.5. The molecule has 2 aliphatic rings. The van der Waals surface area contributed by atoms with Crippen LogP contribution in [0, 0.1) is 0 Å². The first-order valence-corrected chi connectivity index (χ1v) is 11.2. The van der Waals surface area contributed by atoms with E-state index in [2.05, 4.69) is 51.3 Å². The first-order chi connectivity index (χ1) is 15.2. The van der Waals surface area contributed by atoms with Crippen LogP contribution in [0.3, 0.4) is 0 Å². The standard InChI is InChI=1S/C24H33N5O2/c1-2-28-10-12-29(13-11-28)18-20-6-4-19(5-7-20)17-26-24(25)27-21-8-9-22-23(16-21)31-15-3-14-30-22/h4-9,16H,2-3,10-15,17-18H2,1H3,(H3,25,26,27). The minimum atomic E-state index is 0.382. The summed E-state index contributed by atoms with van der Waals surface area (Å²) in [6.45, 7) is 10.9. The molecular weight excluding hydrogens is 390 g/mol. The molecule has 0 atom stereocenters. The van der Waals surface area contributed by atoms with Crippen LogP contribution < -0.4 is 20.5 Å². The van der Waals surface area contributed by atoms with Crippen LogP contribution in [-0.4, -0.2) is 61.7 Å². The highest BCUT2D eigenvalue weighted by Gasteiger charge is 2.15. The minimum absolute atomic E-state index is 0.382. The van der Waals surface area contributed by atoms with Crippen molar-refractivity contribution in [3.05, 3.63) is 53.6 Å². The summed E-state index contributed by atoms with van der Waals surface area (Å²) in [6.07, 6.45) is 0.884. The molecule has 2 aromatic rings. The van der Waals surface area contributed by atoms with Crippen LogP contribution in [0.25, 0.3) is 0 Å². The van der Waals surface area contributed by atoms with E-state index in [0.29, 0.717) is 25.7 Å². The number of piperazine rings is 1. The van der Waals surface area contributed by atoms with Gasteiger partial charge in [0, 0.05) is 50.9 Å². The number of guanidine groups is 1. The number of hydrogen-bond donors (Lipinski definition) is 2. The average Bonchev–Trinajstić information content (AvgIpc) is 3.04. The molecule has 0 aliphatic carbocycles. The second-order valence-electron chi connectivity index (χ2n) is 8.07. The fraction of sp³-hybridized carbons (Fsp3) is 0.458. The Kier molecular flexibility index (Phi) is 7.27. The van der Waals surface area contributed by atoms with Gasteiger partial charge >= 0.3 is 0 Å². The number of nitrogens with two attached hydrogens (primary N) is 1. The van der Waals surface area contributed by atoms with Gasteiger partial charge in [-0.2, -0.15) is 0 Å². The minimum Gasteiger partial charge on any atom is -0.490 e. The predicted octanol–water partition coefficient (Wildman–Crippen LogP) is 2.91. The molecule has 2 aromatic carbocycles. The van der Waals surface area contributed by atoms with E-state index in [1.807, 2.05) is 18.2 Å². The van der Waals surface area contributed by atoms with E-state index in [-0.39, 0.29) is 0 Å². The Morgan fingerprint density at radius 1 is 0.935 bits per heavy atom. The zero-order valence-electron chi connectivity index (χ0n) is 18.3. The van der Waals surface area contributed by atoms with Gasteiger partial charge in [0.25, 0.3) is 0 Å². The summed E-state index contributed by atoms with van der Waals surface area (Å²) in [5.41, 5.74) is 9.42. The van der Waals surface area contributed by atoms with E-state index < -0.39 is 0 Å². The fourth-order valence-electron chi connectivity index (χ4n) is 3.88. The van der Waals surface area contributed by atoms with E-state index in [4.69, 9.17) is 15.2 Å². The Hall–Kier alpha value is -2.77. The van der Waals surface area contributed by atoms with Gasteiger partial charge in [0.2, 0.25) is 0 Å². The van der Waals surface area contributed by atoms with Crippen molar-refractivity contribution < 1.29 is 9.47 Å². The van der Waals surface area contributed by atoms with Crippen LogP contribution in [0.1, 0.15) is 24.5 Å². The number of benzene rings is 2. The Bertz CT molecular complexity index is 876. The third kappa shape index (κ3) is 6.12. The average molecular weight is 424 g/mol. The van der Waals surface area contributed by atoms with Gasteiger partial charge in [-0.15, -0.1) is 0 Å². The maximum atomic E-state index is 6.09. The van der Waals surface area contributed by atoms with Crippen molar-refractivity contribution in [3.8, 4) is 11.5 Å². The van der Waals surface area contributed by atoms with Gasteiger partial charge in [0.05, 0.1) is 19.8 Å². The van der Waals surface area contributed by atoms with E-state index in [1.54, 1.807) is 0 Å². The van der Waals surface area contributed by atoms with E-state index in [9.17, 15) is 0 Å². The van der Waals surface area contributed by atoms with Crippen LogP contribution in [-0.2, 0) is 13.1 Å². The van der Waals surface area contributed by atoms with Crippen molar-refractivity contribution >= 4 is 11.6 Å². The molecule has 166 valence electrons. The van der Waals surface area contributed by atoms with Crippen molar-refractivity contribution in [1.29, 1.82) is 0 Å². The number of likely N-dealkylation sites (N-methyl/N-ethyl adjacent to an activating group) is 1. The highest BCUT2D eigenvalue weighted by molar-refractivity contribution is 5.92. The fourth-order valence-corrected chi connectivity index (χ4v) is 3.88. The van der Waals surface area contributed by atoms with E-state index >= 15 is 0 Å². The van der Waals surface area contributed by atoms with Gasteiger partial charge < -0.3 is 25.4 Å². The molecule has 0 spiro atoms. The maximum Gasteiger partial charge on any atom is 0.193 e. The molecule has 0 radical (unpaired) electrons. The van der Waals surface area contributed by atoms with Crippen molar-refractivity contribution in [2.24, 2.45) is 10.7 Å². The van der Waals surface area contributed by atoms with Crippen LogP contribution in [0.4, 0.5) is 5.69 Å². The normalized spacial score (nSPS) is 17.9. The molecule has 0 aromatic heterocycles. The molecule has 0 unspecified atom stereocenters. The van der Waals surface area contributed by atoms with Crippen molar-refractivity contribution in [2.75, 3.05) is 51.3 Å². The highest BCUT2D eigenvalue weighted by Crippen LogP contribution is 2.32. The molecule has 2 aliphatic heterocycles. The maximum absolute atomic E-state index is 6.09. The highest BCUT2D eigenvalue weighted by atomic mass is 16.5. The second-order valence-corrected chi connectivity index (χ2v) is 8.07. The summed E-state index contributed by atoms with van der Waals surface area (Å²) >= 11 is 0. The quantitative estimate of drug-likeness (QED) is 0.550. The zero-order valence-corrected chi connectivity index (χ0v) is 18.3. The van der Waals surface area contributed by atoms with Crippen LogP contribution >= 0.6 is 0 Å². The largest absolute Gasteiger partial charge is 0.490 e. The molecule has 0 amide bonds. The van der Waals surface area contributed by atoms with E-state index in [1.165, 1.54) is 18.7 Å². The molecular formula is C24H33N5O2. The smallest absolute Gasteiger partial charge is 0.193 e. The van der Waals surface area contributed by atoms with Crippen LogP contribution in [0.15, 0.2) is 47.5 Å². The lowest BCUT2D eigenvalue weighted by molar-refractivity contribution is 0.132. The van der Waals surface area contributed by atoms with Crippen molar-refractivity contribution in [1.82, 2.24) is 9.80 Å². The number of nitrogens with zero attached hydrogens (tertiary/aromatic N) is 3. The van der Waals surface area contributed by atoms with Gasteiger partial charge in [0.15, 0.2) is 17.5 Å². The Morgan fingerprint density at radius 3 is 2.35 bits per heavy atom. The number of nitrogens with one attached hydrogen (secondary N) is 1. The SMILES string of the molecule is CCN1CCN(Cc2ccc(CN=C(N)Nc3ccc4c(c3)OCCCO4)cc2)CC1. The first-order valence-electron chi connectivity index (χ1n) is 11.2. The lowest BCUT2D eigenvalue weighted by atomic mass is 10.1. The summed E-state index contributed by atoms with van der Waals surface area (Å²) in [5, 5.41) is 3.14. The van der Waals surface area contributed by atoms with Gasteiger partial charge in [-0.1, -0.05) is 31.2 Å². The summed E-state index contributed by atoms with van der Waals surface area (Å²) < 4.78 is 11.4. The number of fused-ring (bicyclic) bond motifs is 1. The monoisotopic (exact) mass is 423 g/mol. The number of rotatable bonds is 6. The third-order valence-corrected chi connectivity index (χ3v) is 5.79. The van der Waals surface area contributed by atoms with Crippen molar-refractivity contribution in [3.63, 3.8) is 0 Å². The molecule has 2 heterocycles. The molecule has 7 nitrogen and oxygen atoms in total. The summed E-state index contributed by atoms with van der Waals surface area (Å²) in [5.74, 6) is 1.89. The lowest BCUT2D eigenvalue weighted by Crippen LogP contribution is -2.45. The molecule has 31 heavy (non-hydrogen) atoms. The topological polar surface area (TPSA) is 75.4 Å². The molecule has 1 fully saturated rings. The summed E-state index contributed by atoms with van der Waals surface area (Å²) in [4.78, 5) is 9.51. The third-order valence-electron chi connectivity index (χ3n) is 5.79. The molecule has 1 saturated heterocycles. The number of anilines is 1. The van der Waals surface area contributed by atoms with Crippen LogP contribution in [0.5, 0.6) is 11.5 Å². The molecule has 0 bridgehead atoms. The molecule has 7 heteroatoms. The van der Waals surface area contributed by atoms with Crippen molar-refractivity contribution in [2.45, 2.75) is 26.4 Å². The van der Waals surface area contributed by atoms with Gasteiger partial charge in [0.1, 0.15) is 0 Å². The molecule has 4 rings (SSSR count). The van der Waals surface area contributed by atoms with Gasteiger partial charge in [-0.05, 0) is 29.8 Å². The summed E-state index contributed by atoms with van der Waals surface area (Å²) in [6, 6.07) is 14.4. The summed E-state index contributed by atoms with van der Waals surface area (Å²) in [7, 11) is 0. The lowest BCUT2D eigenvalue weighted by Gasteiger charge is -2.34. The number of hydrogen-bond acceptors (Lipinski definition) is 5. The molecule has 3 N–H and O–H groups in total. The number of aliphatic imine (C=N–C) groups is 1.